The van der Waals surface area contributed by atoms with Crippen molar-refractivity contribution < 1.29 is 0 Å². The van der Waals surface area contributed by atoms with Gasteiger partial charge in [0.05, 0.1) is 33.6 Å². The highest BCUT2D eigenvalue weighted by molar-refractivity contribution is 5.98. The summed E-state index contributed by atoms with van der Waals surface area (Å²) in [5.74, 6) is 0. The topological polar surface area (TPSA) is 6.48 Å². The predicted octanol–water partition coefficient (Wildman–Crippen LogP) is 30.1. The van der Waals surface area contributed by atoms with Gasteiger partial charge in [-0.1, -0.05) is 342 Å². The first-order chi connectivity index (χ1) is 55.2. The van der Waals surface area contributed by atoms with Crippen molar-refractivity contribution in [3.8, 4) is 33.4 Å². The SMILES string of the molecule is CCCCc1ccc(N2c3ccc(C)cc3C(c3ccc(C)cc3)(c3ccc(C)cc3)c3cc4c(cc32)C(C)(C)c2cc3c(cc2-4)C(c2ccc(C)cc2)(c2ccc(C)cc2)c2cc(C)ccc2N3c2ccc(CCCC)cc2)cc1.Cc1ccc2c(c1)C(C)(C)c1cc(C)ccc1-2.Cc1ccc2c(c1)C(C)(C)c1cc(C)ccc1-2. The number of hydrogen-bond donors (Lipinski definition) is 0. The van der Waals surface area contributed by atoms with Crippen molar-refractivity contribution in [3.05, 3.63) is 424 Å². The Morgan fingerprint density at radius 1 is 0.209 bits per heavy atom. The molecule has 574 valence electrons. The van der Waals surface area contributed by atoms with Gasteiger partial charge in [-0.3, -0.25) is 0 Å². The lowest BCUT2D eigenvalue weighted by atomic mass is 9.61. The van der Waals surface area contributed by atoms with Crippen LogP contribution in [0.5, 0.6) is 0 Å². The summed E-state index contributed by atoms with van der Waals surface area (Å²) >= 11 is 0. The first-order valence-corrected chi connectivity index (χ1v) is 42.4. The molecule has 2 heteroatoms. The summed E-state index contributed by atoms with van der Waals surface area (Å²) in [5.41, 5.74) is 48.5. The molecule has 0 N–H and O–H groups in total. The van der Waals surface area contributed by atoms with E-state index in [1.54, 1.807) is 0 Å². The lowest BCUT2D eigenvalue weighted by Gasteiger charge is -2.47. The number of anilines is 6. The van der Waals surface area contributed by atoms with Crippen LogP contribution in [0.15, 0.2) is 279 Å². The smallest absolute Gasteiger partial charge is 0.0742 e. The number of aryl methyl sites for hydroxylation is 12. The number of nitrogens with zero attached hydrogens (tertiary/aromatic N) is 2. The number of benzene rings is 14. The first-order valence-electron chi connectivity index (χ1n) is 42.4. The largest absolute Gasteiger partial charge is 0.310 e. The second-order valence-corrected chi connectivity index (χ2v) is 36.1. The molecule has 2 heterocycles. The van der Waals surface area contributed by atoms with Crippen molar-refractivity contribution in [1.82, 2.24) is 0 Å². The quantitative estimate of drug-likeness (QED) is 0.120. The van der Waals surface area contributed by atoms with Gasteiger partial charge in [0.1, 0.15) is 0 Å². The maximum absolute atomic E-state index is 2.66. The van der Waals surface area contributed by atoms with Crippen LogP contribution in [0, 0.1) is 69.2 Å². The van der Waals surface area contributed by atoms with Gasteiger partial charge >= 0.3 is 0 Å². The second kappa shape index (κ2) is 29.2. The molecule has 0 unspecified atom stereocenters. The van der Waals surface area contributed by atoms with E-state index in [4.69, 9.17) is 0 Å². The van der Waals surface area contributed by atoms with E-state index >= 15 is 0 Å². The summed E-state index contributed by atoms with van der Waals surface area (Å²) in [5, 5.41) is 0. The normalized spacial score (nSPS) is 15.0. The van der Waals surface area contributed by atoms with Crippen LogP contribution in [-0.2, 0) is 39.9 Å². The highest BCUT2D eigenvalue weighted by atomic mass is 15.2. The molecule has 19 rings (SSSR count). The second-order valence-electron chi connectivity index (χ2n) is 36.1. The molecule has 3 aliphatic carbocycles. The molecule has 2 nitrogen and oxygen atoms in total. The van der Waals surface area contributed by atoms with Crippen LogP contribution in [0.25, 0.3) is 33.4 Å². The van der Waals surface area contributed by atoms with E-state index in [9.17, 15) is 0 Å². The number of rotatable bonds is 12. The fourth-order valence-corrected chi connectivity index (χ4v) is 20.3. The number of unbranched alkanes of at least 4 members (excludes halogenated alkanes) is 2. The van der Waals surface area contributed by atoms with Gasteiger partial charge in [0.15, 0.2) is 0 Å². The molecule has 0 saturated carbocycles. The van der Waals surface area contributed by atoms with Crippen LogP contribution in [-0.4, -0.2) is 0 Å². The molecule has 115 heavy (non-hydrogen) atoms. The van der Waals surface area contributed by atoms with Crippen LogP contribution in [0.3, 0.4) is 0 Å². The average molecular weight is 1500 g/mol. The highest BCUT2D eigenvalue weighted by Gasteiger charge is 2.52. The van der Waals surface area contributed by atoms with Crippen molar-refractivity contribution >= 4 is 34.1 Å². The summed E-state index contributed by atoms with van der Waals surface area (Å²) in [7, 11) is 0. The maximum Gasteiger partial charge on any atom is 0.0742 e. The zero-order valence-corrected chi connectivity index (χ0v) is 71.2. The Kier molecular flexibility index (Phi) is 19.4. The summed E-state index contributed by atoms with van der Waals surface area (Å²) in [4.78, 5) is 5.20. The number of fused-ring (bicyclic) bond motifs is 13. The molecule has 0 fully saturated rings. The fraction of sp³-hybridized carbons (Fsp3) is 0.257. The Hall–Kier alpha value is -11.3. The third-order valence-electron chi connectivity index (χ3n) is 26.7. The Labute approximate surface area is 686 Å². The van der Waals surface area contributed by atoms with E-state index < -0.39 is 10.8 Å². The molecule has 5 aliphatic rings. The molecule has 14 aromatic rings. The van der Waals surface area contributed by atoms with E-state index in [0.29, 0.717) is 0 Å². The molecule has 0 atom stereocenters. The van der Waals surface area contributed by atoms with Crippen molar-refractivity contribution in [3.63, 3.8) is 0 Å². The van der Waals surface area contributed by atoms with Crippen LogP contribution < -0.4 is 9.80 Å². The van der Waals surface area contributed by atoms with Gasteiger partial charge in [0, 0.05) is 27.6 Å². The van der Waals surface area contributed by atoms with Gasteiger partial charge in [-0.15, -0.1) is 0 Å². The monoisotopic (exact) mass is 1500 g/mol. The van der Waals surface area contributed by atoms with Crippen LogP contribution in [0.2, 0.25) is 0 Å². The third kappa shape index (κ3) is 12.7. The van der Waals surface area contributed by atoms with Gasteiger partial charge in [-0.25, -0.2) is 0 Å². The molecule has 14 aromatic carbocycles. The molecular weight excluding hydrogens is 1390 g/mol. The lowest BCUT2D eigenvalue weighted by Crippen LogP contribution is -2.38. The Morgan fingerprint density at radius 3 is 0.696 bits per heavy atom. The van der Waals surface area contributed by atoms with E-state index in [1.807, 2.05) is 0 Å². The minimum Gasteiger partial charge on any atom is -0.310 e. The van der Waals surface area contributed by atoms with Gasteiger partial charge < -0.3 is 9.80 Å². The molecule has 0 saturated heterocycles. The summed E-state index contributed by atoms with van der Waals surface area (Å²) in [6, 6.07) is 109. The number of hydrogen-bond acceptors (Lipinski definition) is 2. The van der Waals surface area contributed by atoms with Crippen LogP contribution in [0.4, 0.5) is 34.1 Å². The van der Waals surface area contributed by atoms with E-state index in [2.05, 4.69) is 413 Å². The van der Waals surface area contributed by atoms with E-state index in [1.165, 1.54) is 238 Å². The summed E-state index contributed by atoms with van der Waals surface area (Å²) < 4.78 is 0. The molecule has 0 aromatic heterocycles. The Bertz CT molecular complexity index is 5520. The zero-order chi connectivity index (χ0) is 80.4. The van der Waals surface area contributed by atoms with Crippen molar-refractivity contribution in [2.75, 3.05) is 9.80 Å². The molecule has 0 spiro atoms. The van der Waals surface area contributed by atoms with Gasteiger partial charge in [0.2, 0.25) is 0 Å². The molecule has 2 aliphatic heterocycles. The third-order valence-corrected chi connectivity index (χ3v) is 26.7. The summed E-state index contributed by atoms with van der Waals surface area (Å²) in [6.45, 7) is 40.9. The minimum atomic E-state index is -0.671. The minimum absolute atomic E-state index is 0.142. The fourth-order valence-electron chi connectivity index (χ4n) is 20.3. The van der Waals surface area contributed by atoms with Gasteiger partial charge in [0.25, 0.3) is 0 Å². The van der Waals surface area contributed by atoms with Crippen molar-refractivity contribution in [2.45, 2.75) is 190 Å². The molecular formula is C113H112N2. The van der Waals surface area contributed by atoms with Gasteiger partial charge in [-0.05, 0) is 278 Å². The predicted molar refractivity (Wildman–Crippen MR) is 490 cm³/mol. The summed E-state index contributed by atoms with van der Waals surface area (Å²) in [6.07, 6.45) is 6.88. The maximum atomic E-state index is 2.66. The molecule has 0 amide bonds. The van der Waals surface area contributed by atoms with Crippen molar-refractivity contribution in [2.24, 2.45) is 0 Å². The van der Waals surface area contributed by atoms with Crippen molar-refractivity contribution in [1.29, 1.82) is 0 Å². The van der Waals surface area contributed by atoms with E-state index in [0.717, 1.165) is 12.8 Å². The molecule has 0 radical (unpaired) electrons. The molecule has 0 bridgehead atoms. The Morgan fingerprint density at radius 2 is 0.435 bits per heavy atom. The first kappa shape index (κ1) is 76.3. The van der Waals surface area contributed by atoms with Crippen LogP contribution >= 0.6 is 0 Å². The highest BCUT2D eigenvalue weighted by Crippen LogP contribution is 2.65. The average Bonchev–Trinajstić information content (AvgIpc) is 1.64. The van der Waals surface area contributed by atoms with E-state index in [-0.39, 0.29) is 16.2 Å². The lowest BCUT2D eigenvalue weighted by molar-refractivity contribution is 0.656. The zero-order valence-electron chi connectivity index (χ0n) is 71.2. The van der Waals surface area contributed by atoms with Crippen LogP contribution in [0.1, 0.15) is 226 Å². The Balaban J connectivity index is 0.000000227. The van der Waals surface area contributed by atoms with Gasteiger partial charge in [-0.2, -0.15) is 0 Å². The standard InChI is InChI=1S/C79H76N2.2C17H18/c1-11-13-15-57-27-39-63(40-28-57)80-73-43-25-55(7)45-69(73)78(59-31-17-51(3)18-32-59,60-33-19-52(4)20-34-60)71-47-65-66-48-72-76(50-68(66)77(9,10)67(65)49-75(71)80)81(64-41-29-58(30-42-64)16-14-12-2)74-44-26-56(8)46-70(74)79(72,61-35-21-53(5)22-36-61)62-37-23-54(6)24-38-62;2*1-11-5-7-13-14-8-6-12(2)10-16(14)17(3,4)15(13)9-11/h17-50H,11-16H2,1-10H3;2*5-10H,1-4H3.